The first-order valence-corrected chi connectivity index (χ1v) is 9.95. The third-order valence-corrected chi connectivity index (χ3v) is 5.77. The van der Waals surface area contributed by atoms with Crippen LogP contribution < -0.4 is 14.5 Å². The van der Waals surface area contributed by atoms with Crippen molar-refractivity contribution in [3.8, 4) is 5.75 Å². The molecular formula is C22H22F3N3O3. The van der Waals surface area contributed by atoms with Crippen molar-refractivity contribution in [2.24, 2.45) is 0 Å². The number of methoxy groups -OCH3 is 1. The van der Waals surface area contributed by atoms with E-state index in [1.165, 1.54) is 12.1 Å². The zero-order valence-corrected chi connectivity index (χ0v) is 16.9. The Hall–Kier alpha value is -3.07. The van der Waals surface area contributed by atoms with Crippen LogP contribution in [0.5, 0.6) is 5.75 Å². The van der Waals surface area contributed by atoms with Gasteiger partial charge < -0.3 is 9.64 Å². The van der Waals surface area contributed by atoms with Gasteiger partial charge in [-0.3, -0.25) is 14.5 Å². The van der Waals surface area contributed by atoms with E-state index in [4.69, 9.17) is 4.74 Å². The lowest BCUT2D eigenvalue weighted by Gasteiger charge is -2.38. The highest BCUT2D eigenvalue weighted by Gasteiger charge is 2.43. The highest BCUT2D eigenvalue weighted by atomic mass is 19.4. The molecule has 2 aromatic rings. The van der Waals surface area contributed by atoms with Crippen molar-refractivity contribution in [1.82, 2.24) is 4.90 Å². The van der Waals surface area contributed by atoms with Gasteiger partial charge in [-0.25, -0.2) is 4.90 Å². The Kier molecular flexibility index (Phi) is 5.62. The summed E-state index contributed by atoms with van der Waals surface area (Å²) in [7, 11) is 1.61. The summed E-state index contributed by atoms with van der Waals surface area (Å²) < 4.78 is 43.5. The van der Waals surface area contributed by atoms with E-state index >= 15 is 0 Å². The fourth-order valence-electron chi connectivity index (χ4n) is 4.06. The van der Waals surface area contributed by atoms with Gasteiger partial charge in [0.05, 0.1) is 30.8 Å². The topological polar surface area (TPSA) is 53.1 Å². The first-order chi connectivity index (χ1) is 14.8. The van der Waals surface area contributed by atoms with Gasteiger partial charge in [0.25, 0.3) is 5.91 Å². The van der Waals surface area contributed by atoms with Crippen molar-refractivity contribution in [1.29, 1.82) is 0 Å². The molecule has 1 unspecified atom stereocenters. The molecule has 0 spiro atoms. The summed E-state index contributed by atoms with van der Waals surface area (Å²) in [5.41, 5.74) is 0.407. The molecule has 4 rings (SSSR count). The van der Waals surface area contributed by atoms with E-state index in [0.717, 1.165) is 28.5 Å². The van der Waals surface area contributed by atoms with E-state index in [2.05, 4.69) is 4.90 Å². The molecule has 0 bridgehead atoms. The molecule has 164 valence electrons. The summed E-state index contributed by atoms with van der Waals surface area (Å²) in [6.07, 6.45) is -4.44. The number of piperazine rings is 1. The molecule has 0 aliphatic carbocycles. The van der Waals surface area contributed by atoms with Crippen LogP contribution in [0.1, 0.15) is 12.0 Å². The summed E-state index contributed by atoms with van der Waals surface area (Å²) in [5.74, 6) is -0.00388. The first kappa shape index (κ1) is 21.2. The lowest BCUT2D eigenvalue weighted by atomic mass is 10.1. The minimum absolute atomic E-state index is 0.0302. The van der Waals surface area contributed by atoms with Crippen LogP contribution in [0.25, 0.3) is 0 Å². The standard InChI is InChI=1S/C22H22F3N3O3/c1-31-18-8-6-16(7-9-18)26-10-12-27(13-11-26)19-14-20(29)28(21(19)30)17-4-2-15(3-5-17)22(23,24)25/h2-9,19H,10-14H2,1H3. The van der Waals surface area contributed by atoms with E-state index < -0.39 is 23.7 Å². The fourth-order valence-corrected chi connectivity index (χ4v) is 4.06. The number of nitrogens with zero attached hydrogens (tertiary/aromatic N) is 3. The van der Waals surface area contributed by atoms with Crippen LogP contribution >= 0.6 is 0 Å². The maximum absolute atomic E-state index is 12.9. The van der Waals surface area contributed by atoms with Crippen LogP contribution in [-0.2, 0) is 15.8 Å². The number of benzene rings is 2. The van der Waals surface area contributed by atoms with Crippen molar-refractivity contribution in [2.45, 2.75) is 18.6 Å². The molecule has 0 N–H and O–H groups in total. The molecule has 2 aliphatic heterocycles. The third-order valence-electron chi connectivity index (χ3n) is 5.77. The Bertz CT molecular complexity index is 953. The number of amides is 2. The van der Waals surface area contributed by atoms with E-state index in [1.807, 2.05) is 29.2 Å². The molecule has 2 aromatic carbocycles. The fraction of sp³-hybridized carbons (Fsp3) is 0.364. The van der Waals surface area contributed by atoms with Crippen molar-refractivity contribution < 1.29 is 27.5 Å². The van der Waals surface area contributed by atoms with Gasteiger partial charge in [-0.2, -0.15) is 13.2 Å². The Labute approximate surface area is 177 Å². The van der Waals surface area contributed by atoms with Crippen LogP contribution in [0.15, 0.2) is 48.5 Å². The van der Waals surface area contributed by atoms with Gasteiger partial charge >= 0.3 is 6.18 Å². The Morgan fingerprint density at radius 2 is 1.45 bits per heavy atom. The average Bonchev–Trinajstić information content (AvgIpc) is 3.07. The number of imide groups is 1. The van der Waals surface area contributed by atoms with Crippen LogP contribution in [0, 0.1) is 0 Å². The van der Waals surface area contributed by atoms with Crippen molar-refractivity contribution in [3.05, 3.63) is 54.1 Å². The Balaban J connectivity index is 1.41. The number of rotatable bonds is 4. The van der Waals surface area contributed by atoms with Gasteiger partial charge in [0.1, 0.15) is 5.75 Å². The quantitative estimate of drug-likeness (QED) is 0.694. The van der Waals surface area contributed by atoms with Crippen LogP contribution in [0.3, 0.4) is 0 Å². The van der Waals surface area contributed by atoms with Crippen molar-refractivity contribution in [2.75, 3.05) is 43.1 Å². The molecule has 2 fully saturated rings. The zero-order chi connectivity index (χ0) is 22.2. The largest absolute Gasteiger partial charge is 0.497 e. The molecule has 2 heterocycles. The highest BCUT2D eigenvalue weighted by Crippen LogP contribution is 2.32. The number of carbonyl (C=O) groups is 2. The number of hydrogen-bond donors (Lipinski definition) is 0. The van der Waals surface area contributed by atoms with Crippen LogP contribution in [0.4, 0.5) is 24.5 Å². The van der Waals surface area contributed by atoms with E-state index in [9.17, 15) is 22.8 Å². The maximum atomic E-state index is 12.9. The van der Waals surface area contributed by atoms with Crippen LogP contribution in [0.2, 0.25) is 0 Å². The van der Waals surface area contributed by atoms with Gasteiger partial charge in [0, 0.05) is 31.9 Å². The molecular weight excluding hydrogens is 411 g/mol. The SMILES string of the molecule is COc1ccc(N2CCN(C3CC(=O)N(c4ccc(C(F)(F)F)cc4)C3=O)CC2)cc1. The number of alkyl halides is 3. The summed E-state index contributed by atoms with van der Waals surface area (Å²) in [5, 5.41) is 0. The lowest BCUT2D eigenvalue weighted by Crippen LogP contribution is -2.52. The van der Waals surface area contributed by atoms with Gasteiger partial charge in [-0.05, 0) is 48.5 Å². The summed E-state index contributed by atoms with van der Waals surface area (Å²) in [6.45, 7) is 2.61. The van der Waals surface area contributed by atoms with Gasteiger partial charge in [-0.15, -0.1) is 0 Å². The second-order valence-corrected chi connectivity index (χ2v) is 7.55. The molecule has 6 nitrogen and oxygen atoms in total. The minimum atomic E-state index is -4.47. The predicted octanol–water partition coefficient (Wildman–Crippen LogP) is 3.17. The third kappa shape index (κ3) is 4.23. The normalized spacial score (nSPS) is 20.5. The van der Waals surface area contributed by atoms with Crippen molar-refractivity contribution in [3.63, 3.8) is 0 Å². The monoisotopic (exact) mass is 433 g/mol. The van der Waals surface area contributed by atoms with E-state index in [1.54, 1.807) is 7.11 Å². The second kappa shape index (κ2) is 8.22. The summed E-state index contributed by atoms with van der Waals surface area (Å²) in [6, 6.07) is 11.3. The molecule has 9 heteroatoms. The molecule has 2 amide bonds. The number of ether oxygens (including phenoxy) is 1. The smallest absolute Gasteiger partial charge is 0.416 e. The van der Waals surface area contributed by atoms with Crippen molar-refractivity contribution >= 4 is 23.2 Å². The number of anilines is 2. The molecule has 0 saturated carbocycles. The maximum Gasteiger partial charge on any atom is 0.416 e. The van der Waals surface area contributed by atoms with Gasteiger partial charge in [0.2, 0.25) is 5.91 Å². The molecule has 1 atom stereocenters. The number of carbonyl (C=O) groups excluding carboxylic acids is 2. The Morgan fingerprint density at radius 3 is 2.00 bits per heavy atom. The predicted molar refractivity (Wildman–Crippen MR) is 109 cm³/mol. The number of hydrogen-bond acceptors (Lipinski definition) is 5. The molecule has 0 aromatic heterocycles. The summed E-state index contributed by atoms with van der Waals surface area (Å²) >= 11 is 0. The average molecular weight is 433 g/mol. The Morgan fingerprint density at radius 1 is 0.871 bits per heavy atom. The van der Waals surface area contributed by atoms with E-state index in [0.29, 0.717) is 26.2 Å². The zero-order valence-electron chi connectivity index (χ0n) is 16.9. The second-order valence-electron chi connectivity index (χ2n) is 7.55. The van der Waals surface area contributed by atoms with Gasteiger partial charge in [-0.1, -0.05) is 0 Å². The van der Waals surface area contributed by atoms with Gasteiger partial charge in [0.15, 0.2) is 0 Å². The molecule has 2 saturated heterocycles. The van der Waals surface area contributed by atoms with Crippen LogP contribution in [-0.4, -0.2) is 56.0 Å². The number of halogens is 3. The molecule has 31 heavy (non-hydrogen) atoms. The highest BCUT2D eigenvalue weighted by molar-refractivity contribution is 6.22. The molecule has 2 aliphatic rings. The summed E-state index contributed by atoms with van der Waals surface area (Å²) in [4.78, 5) is 30.6. The first-order valence-electron chi connectivity index (χ1n) is 9.95. The lowest BCUT2D eigenvalue weighted by molar-refractivity contribution is -0.137. The minimum Gasteiger partial charge on any atom is -0.497 e. The van der Waals surface area contributed by atoms with E-state index in [-0.39, 0.29) is 18.0 Å². The molecule has 0 radical (unpaired) electrons.